The van der Waals surface area contributed by atoms with Gasteiger partial charge >= 0.3 is 5.97 Å². The lowest BCUT2D eigenvalue weighted by Gasteiger charge is -2.26. The highest BCUT2D eigenvalue weighted by molar-refractivity contribution is 6.09. The van der Waals surface area contributed by atoms with Crippen LogP contribution in [0.25, 0.3) is 0 Å². The van der Waals surface area contributed by atoms with E-state index in [1.165, 1.54) is 7.11 Å². The Kier molecular flexibility index (Phi) is 5.77. The molecule has 34 heavy (non-hydrogen) atoms. The molecular formula is C27H25NO6. The second kappa shape index (κ2) is 8.89. The van der Waals surface area contributed by atoms with E-state index in [0.29, 0.717) is 11.3 Å². The molecule has 1 saturated heterocycles. The molecule has 2 aromatic rings. The van der Waals surface area contributed by atoms with Gasteiger partial charge in [0.25, 0.3) is 0 Å². The Morgan fingerprint density at radius 3 is 2.15 bits per heavy atom. The van der Waals surface area contributed by atoms with Crippen molar-refractivity contribution in [2.75, 3.05) is 13.7 Å². The number of benzene rings is 2. The van der Waals surface area contributed by atoms with Crippen LogP contribution in [0.4, 0.5) is 0 Å². The summed E-state index contributed by atoms with van der Waals surface area (Å²) in [6, 6.07) is 14.5. The topological polar surface area (TPSA) is 90.0 Å². The number of hydrogen-bond donors (Lipinski definition) is 0. The van der Waals surface area contributed by atoms with Gasteiger partial charge in [0.1, 0.15) is 11.8 Å². The van der Waals surface area contributed by atoms with Gasteiger partial charge in [-0.05, 0) is 48.1 Å². The van der Waals surface area contributed by atoms with E-state index < -0.39 is 30.5 Å². The monoisotopic (exact) mass is 459 g/mol. The Balaban J connectivity index is 1.34. The van der Waals surface area contributed by atoms with Crippen molar-refractivity contribution in [2.45, 2.75) is 18.9 Å². The summed E-state index contributed by atoms with van der Waals surface area (Å²) in [5, 5.41) is 0. The van der Waals surface area contributed by atoms with Crippen molar-refractivity contribution in [1.82, 2.24) is 4.90 Å². The molecule has 0 spiro atoms. The summed E-state index contributed by atoms with van der Waals surface area (Å²) >= 11 is 0. The standard InChI is InChI=1S/C27H25NO6/c1-33-20-11-9-17(10-12-20)22(29)15-34-27(32)21(13-16-5-3-2-4-6-16)28-25(30)23-18-7-8-19(14-18)24(23)26(28)31/h2-12,18-19,21,23-24H,13-15H2,1H3/t18-,19-,21-,23-,24+/m0/s1. The average molecular weight is 459 g/mol. The number of carbonyl (C=O) groups is 4. The molecule has 3 aliphatic rings. The van der Waals surface area contributed by atoms with E-state index in [2.05, 4.69) is 0 Å². The Bertz CT molecular complexity index is 1130. The zero-order valence-corrected chi connectivity index (χ0v) is 18.8. The third-order valence-electron chi connectivity index (χ3n) is 7.12. The first kappa shape index (κ1) is 22.1. The molecule has 5 rings (SSSR count). The fourth-order valence-electron chi connectivity index (χ4n) is 5.44. The van der Waals surface area contributed by atoms with E-state index in [-0.39, 0.29) is 35.9 Å². The van der Waals surface area contributed by atoms with Crippen LogP contribution in [-0.4, -0.2) is 48.2 Å². The first-order chi connectivity index (χ1) is 16.5. The lowest BCUT2D eigenvalue weighted by atomic mass is 9.85. The van der Waals surface area contributed by atoms with Crippen LogP contribution < -0.4 is 4.74 Å². The van der Waals surface area contributed by atoms with Gasteiger partial charge in [-0.3, -0.25) is 19.3 Å². The number of fused-ring (bicyclic) bond motifs is 5. The number of rotatable bonds is 8. The van der Waals surface area contributed by atoms with E-state index in [1.54, 1.807) is 24.3 Å². The average Bonchev–Trinajstić information content (AvgIpc) is 3.55. The van der Waals surface area contributed by atoms with Gasteiger partial charge in [0.05, 0.1) is 18.9 Å². The fraction of sp³-hybridized carbons (Fsp3) is 0.333. The molecule has 0 aromatic heterocycles. The van der Waals surface area contributed by atoms with Gasteiger partial charge in [-0.1, -0.05) is 42.5 Å². The van der Waals surface area contributed by atoms with Crippen molar-refractivity contribution in [3.8, 4) is 5.75 Å². The van der Waals surface area contributed by atoms with E-state index in [0.717, 1.165) is 16.9 Å². The molecule has 0 unspecified atom stereocenters. The van der Waals surface area contributed by atoms with E-state index in [4.69, 9.17) is 9.47 Å². The minimum Gasteiger partial charge on any atom is -0.497 e. The lowest BCUT2D eigenvalue weighted by molar-refractivity contribution is -0.158. The minimum atomic E-state index is -1.11. The van der Waals surface area contributed by atoms with Crippen LogP contribution in [0.15, 0.2) is 66.7 Å². The lowest BCUT2D eigenvalue weighted by Crippen LogP contribution is -2.48. The number of allylic oxidation sites excluding steroid dienone is 2. The molecule has 174 valence electrons. The van der Waals surface area contributed by atoms with Gasteiger partial charge in [0.2, 0.25) is 11.8 Å². The summed E-state index contributed by atoms with van der Waals surface area (Å²) < 4.78 is 10.5. The maximum absolute atomic E-state index is 13.3. The maximum atomic E-state index is 13.3. The number of amides is 2. The van der Waals surface area contributed by atoms with Crippen molar-refractivity contribution in [1.29, 1.82) is 0 Å². The molecule has 1 saturated carbocycles. The van der Waals surface area contributed by atoms with Crippen LogP contribution in [0, 0.1) is 23.7 Å². The number of Topliss-reactive ketones (excluding diaryl/α,β-unsaturated/α-hetero) is 1. The zero-order chi connectivity index (χ0) is 23.8. The molecule has 2 amide bonds. The highest BCUT2D eigenvalue weighted by atomic mass is 16.5. The highest BCUT2D eigenvalue weighted by Crippen LogP contribution is 2.53. The Hall–Kier alpha value is -3.74. The number of esters is 1. The quantitative estimate of drug-likeness (QED) is 0.261. The number of carbonyl (C=O) groups excluding carboxylic acids is 4. The predicted octanol–water partition coefficient (Wildman–Crippen LogP) is 2.84. The summed E-state index contributed by atoms with van der Waals surface area (Å²) in [4.78, 5) is 53.5. The van der Waals surface area contributed by atoms with Crippen molar-refractivity contribution in [3.05, 3.63) is 77.9 Å². The number of methoxy groups -OCH3 is 1. The Morgan fingerprint density at radius 1 is 0.941 bits per heavy atom. The molecule has 2 fully saturated rings. The second-order valence-corrected chi connectivity index (χ2v) is 9.01. The van der Waals surface area contributed by atoms with Crippen molar-refractivity contribution in [2.24, 2.45) is 23.7 Å². The fourth-order valence-corrected chi connectivity index (χ4v) is 5.44. The summed E-state index contributed by atoms with van der Waals surface area (Å²) in [6.45, 7) is -0.480. The first-order valence-electron chi connectivity index (χ1n) is 11.4. The SMILES string of the molecule is COc1ccc(C(=O)COC(=O)[C@H](Cc2ccccc2)N2C(=O)[C@@H]3[C@H](C2=O)[C@H]2C=C[C@H]3C2)cc1. The molecule has 2 aromatic carbocycles. The van der Waals surface area contributed by atoms with Crippen LogP contribution >= 0.6 is 0 Å². The Labute approximate surface area is 197 Å². The zero-order valence-electron chi connectivity index (χ0n) is 18.8. The largest absolute Gasteiger partial charge is 0.497 e. The van der Waals surface area contributed by atoms with Crippen LogP contribution in [0.2, 0.25) is 0 Å². The van der Waals surface area contributed by atoms with E-state index in [1.807, 2.05) is 42.5 Å². The number of imide groups is 1. The second-order valence-electron chi connectivity index (χ2n) is 9.01. The van der Waals surface area contributed by atoms with Gasteiger partial charge in [0, 0.05) is 12.0 Å². The molecule has 2 bridgehead atoms. The number of ketones is 1. The van der Waals surface area contributed by atoms with Gasteiger partial charge in [-0.15, -0.1) is 0 Å². The van der Waals surface area contributed by atoms with E-state index >= 15 is 0 Å². The molecular weight excluding hydrogens is 434 g/mol. The smallest absolute Gasteiger partial charge is 0.330 e. The summed E-state index contributed by atoms with van der Waals surface area (Å²) in [6.07, 6.45) is 4.97. The normalized spacial score (nSPS) is 25.4. The van der Waals surface area contributed by atoms with Crippen LogP contribution in [-0.2, 0) is 25.5 Å². The minimum absolute atomic E-state index is 0.0431. The van der Waals surface area contributed by atoms with Gasteiger partial charge < -0.3 is 9.47 Å². The molecule has 7 nitrogen and oxygen atoms in total. The molecule has 7 heteroatoms. The number of likely N-dealkylation sites (tertiary alicyclic amines) is 1. The van der Waals surface area contributed by atoms with Crippen LogP contribution in [0.5, 0.6) is 5.75 Å². The van der Waals surface area contributed by atoms with Crippen LogP contribution in [0.1, 0.15) is 22.3 Å². The van der Waals surface area contributed by atoms with Gasteiger partial charge in [-0.2, -0.15) is 0 Å². The first-order valence-corrected chi connectivity index (χ1v) is 11.4. The van der Waals surface area contributed by atoms with Crippen LogP contribution in [0.3, 0.4) is 0 Å². The molecule has 1 aliphatic heterocycles. The Morgan fingerprint density at radius 2 is 1.56 bits per heavy atom. The van der Waals surface area contributed by atoms with Gasteiger partial charge in [-0.25, -0.2) is 4.79 Å². The third-order valence-corrected chi connectivity index (χ3v) is 7.12. The van der Waals surface area contributed by atoms with Crippen molar-refractivity contribution < 1.29 is 28.7 Å². The number of hydrogen-bond acceptors (Lipinski definition) is 6. The van der Waals surface area contributed by atoms with Crippen molar-refractivity contribution in [3.63, 3.8) is 0 Å². The summed E-state index contributed by atoms with van der Waals surface area (Å²) in [5.41, 5.74) is 1.17. The van der Waals surface area contributed by atoms with Gasteiger partial charge in [0.15, 0.2) is 12.4 Å². The summed E-state index contributed by atoms with van der Waals surface area (Å²) in [5.74, 6) is -1.89. The number of ether oxygens (including phenoxy) is 2. The summed E-state index contributed by atoms with van der Waals surface area (Å²) in [7, 11) is 1.53. The predicted molar refractivity (Wildman–Crippen MR) is 122 cm³/mol. The molecule has 2 aliphatic carbocycles. The molecule has 5 atom stereocenters. The van der Waals surface area contributed by atoms with Crippen molar-refractivity contribution >= 4 is 23.6 Å². The third kappa shape index (κ3) is 3.81. The van der Waals surface area contributed by atoms with E-state index in [9.17, 15) is 19.2 Å². The highest BCUT2D eigenvalue weighted by Gasteiger charge is 2.61. The maximum Gasteiger partial charge on any atom is 0.330 e. The molecule has 0 radical (unpaired) electrons. The molecule has 1 heterocycles. The number of nitrogens with zero attached hydrogens (tertiary/aromatic N) is 1. The molecule has 0 N–H and O–H groups in total.